The van der Waals surface area contributed by atoms with E-state index in [0.717, 1.165) is 0 Å². The minimum Gasteiger partial charge on any atom is -0.506 e. The van der Waals surface area contributed by atoms with Gasteiger partial charge >= 0.3 is 5.97 Å². The average Bonchev–Trinajstić information content (AvgIpc) is 2.64. The van der Waals surface area contributed by atoms with Crippen LogP contribution in [0.15, 0.2) is 12.1 Å². The van der Waals surface area contributed by atoms with E-state index in [1.165, 1.54) is 21.3 Å². The first kappa shape index (κ1) is 20.0. The van der Waals surface area contributed by atoms with Crippen molar-refractivity contribution in [2.45, 2.75) is 13.8 Å². The van der Waals surface area contributed by atoms with Crippen LogP contribution in [0.4, 0.5) is 0 Å². The molecule has 2 aromatic rings. The van der Waals surface area contributed by atoms with Crippen LogP contribution in [-0.4, -0.2) is 37.5 Å². The standard InChI is InChI=1S/C18H19IO7/c1-8-11(24-4)6-10(23-3)7-12(8)26-17-9(2)15(20)13(18(22)25-5)16(21)14(17)19/h6-7,20-21H,1-5H3. The van der Waals surface area contributed by atoms with Gasteiger partial charge in [0.25, 0.3) is 0 Å². The molecule has 0 amide bonds. The summed E-state index contributed by atoms with van der Waals surface area (Å²) in [5.74, 6) is 0.0620. The molecule has 0 saturated heterocycles. The van der Waals surface area contributed by atoms with Crippen molar-refractivity contribution in [2.24, 2.45) is 0 Å². The van der Waals surface area contributed by atoms with E-state index in [-0.39, 0.29) is 20.4 Å². The molecule has 2 N–H and O–H groups in total. The fraction of sp³-hybridized carbons (Fsp3) is 0.278. The number of halogens is 1. The van der Waals surface area contributed by atoms with Crippen LogP contribution in [0.5, 0.6) is 34.5 Å². The summed E-state index contributed by atoms with van der Waals surface area (Å²) in [5, 5.41) is 20.7. The summed E-state index contributed by atoms with van der Waals surface area (Å²) < 4.78 is 21.4. The smallest absolute Gasteiger partial charge is 0.345 e. The average molecular weight is 474 g/mol. The third-order valence-corrected chi connectivity index (χ3v) is 4.92. The van der Waals surface area contributed by atoms with Crippen LogP contribution in [0.1, 0.15) is 21.5 Å². The number of carbonyl (C=O) groups excluding carboxylic acids is 1. The lowest BCUT2D eigenvalue weighted by Gasteiger charge is -2.18. The molecule has 140 valence electrons. The van der Waals surface area contributed by atoms with Gasteiger partial charge in [0.1, 0.15) is 28.6 Å². The van der Waals surface area contributed by atoms with Crippen molar-refractivity contribution in [3.8, 4) is 34.5 Å². The van der Waals surface area contributed by atoms with Gasteiger partial charge in [0, 0.05) is 23.3 Å². The number of hydrogen-bond acceptors (Lipinski definition) is 7. The van der Waals surface area contributed by atoms with Gasteiger partial charge in [0.15, 0.2) is 11.5 Å². The van der Waals surface area contributed by atoms with Gasteiger partial charge in [-0.05, 0) is 36.4 Å². The number of ether oxygens (including phenoxy) is 4. The maximum atomic E-state index is 11.8. The van der Waals surface area contributed by atoms with Gasteiger partial charge in [-0.15, -0.1) is 0 Å². The second-order valence-corrected chi connectivity index (χ2v) is 6.47. The van der Waals surface area contributed by atoms with E-state index in [1.54, 1.807) is 26.0 Å². The third kappa shape index (κ3) is 3.46. The maximum absolute atomic E-state index is 11.8. The fourth-order valence-electron chi connectivity index (χ4n) is 2.39. The molecule has 0 radical (unpaired) electrons. The van der Waals surface area contributed by atoms with E-state index in [4.69, 9.17) is 14.2 Å². The van der Waals surface area contributed by atoms with Crippen molar-refractivity contribution in [3.05, 3.63) is 32.4 Å². The predicted octanol–water partition coefficient (Wildman–Crippen LogP) is 3.92. The zero-order valence-corrected chi connectivity index (χ0v) is 17.1. The Hall–Kier alpha value is -2.36. The van der Waals surface area contributed by atoms with Gasteiger partial charge in [-0.25, -0.2) is 4.79 Å². The van der Waals surface area contributed by atoms with Crippen LogP contribution in [0.2, 0.25) is 0 Å². The minimum absolute atomic E-state index is 0.214. The SMILES string of the molecule is COC(=O)c1c(O)c(C)c(Oc2cc(OC)cc(OC)c2C)c(I)c1O. The molecule has 2 rings (SSSR count). The van der Waals surface area contributed by atoms with E-state index in [9.17, 15) is 15.0 Å². The predicted molar refractivity (Wildman–Crippen MR) is 103 cm³/mol. The van der Waals surface area contributed by atoms with E-state index in [2.05, 4.69) is 4.74 Å². The van der Waals surface area contributed by atoms with E-state index < -0.39 is 17.5 Å². The summed E-state index contributed by atoms with van der Waals surface area (Å²) in [5.41, 5.74) is 0.690. The molecule has 0 fully saturated rings. The largest absolute Gasteiger partial charge is 0.506 e. The Bertz CT molecular complexity index is 832. The molecule has 0 aliphatic rings. The second-order valence-electron chi connectivity index (χ2n) is 5.39. The lowest BCUT2D eigenvalue weighted by Crippen LogP contribution is -2.06. The van der Waals surface area contributed by atoms with Crippen LogP contribution in [-0.2, 0) is 4.74 Å². The fourth-order valence-corrected chi connectivity index (χ4v) is 3.17. The van der Waals surface area contributed by atoms with Crippen molar-refractivity contribution in [1.82, 2.24) is 0 Å². The van der Waals surface area contributed by atoms with Crippen molar-refractivity contribution < 1.29 is 34.0 Å². The lowest BCUT2D eigenvalue weighted by atomic mass is 10.1. The third-order valence-electron chi connectivity index (χ3n) is 3.92. The van der Waals surface area contributed by atoms with Gasteiger partial charge in [-0.1, -0.05) is 0 Å². The molecule has 8 heteroatoms. The van der Waals surface area contributed by atoms with Crippen LogP contribution in [0.3, 0.4) is 0 Å². The highest BCUT2D eigenvalue weighted by atomic mass is 127. The lowest BCUT2D eigenvalue weighted by molar-refractivity contribution is 0.0593. The van der Waals surface area contributed by atoms with Crippen molar-refractivity contribution in [3.63, 3.8) is 0 Å². The summed E-state index contributed by atoms with van der Waals surface area (Å²) >= 11 is 1.84. The summed E-state index contributed by atoms with van der Waals surface area (Å²) in [4.78, 5) is 11.8. The number of rotatable bonds is 5. The van der Waals surface area contributed by atoms with Gasteiger partial charge in [0.05, 0.1) is 24.9 Å². The van der Waals surface area contributed by atoms with Crippen LogP contribution < -0.4 is 14.2 Å². The van der Waals surface area contributed by atoms with Crippen molar-refractivity contribution in [1.29, 1.82) is 0 Å². The zero-order chi connectivity index (χ0) is 19.6. The van der Waals surface area contributed by atoms with E-state index in [0.29, 0.717) is 22.8 Å². The molecule has 26 heavy (non-hydrogen) atoms. The number of esters is 1. The monoisotopic (exact) mass is 474 g/mol. The maximum Gasteiger partial charge on any atom is 0.345 e. The Kier molecular flexibility index (Phi) is 6.06. The molecule has 0 spiro atoms. The molecule has 0 aliphatic carbocycles. The molecule has 0 saturated carbocycles. The highest BCUT2D eigenvalue weighted by molar-refractivity contribution is 14.1. The first-order valence-corrected chi connectivity index (χ1v) is 8.57. The number of methoxy groups -OCH3 is 3. The summed E-state index contributed by atoms with van der Waals surface area (Å²) in [6.45, 7) is 3.38. The molecular weight excluding hydrogens is 455 g/mol. The van der Waals surface area contributed by atoms with Crippen molar-refractivity contribution >= 4 is 28.6 Å². The molecule has 0 atom stereocenters. The van der Waals surface area contributed by atoms with Gasteiger partial charge in [0.2, 0.25) is 0 Å². The first-order valence-electron chi connectivity index (χ1n) is 7.49. The van der Waals surface area contributed by atoms with Crippen LogP contribution >= 0.6 is 22.6 Å². The van der Waals surface area contributed by atoms with Gasteiger partial charge < -0.3 is 29.2 Å². The zero-order valence-electron chi connectivity index (χ0n) is 15.0. The van der Waals surface area contributed by atoms with E-state index >= 15 is 0 Å². The Labute approximate surface area is 164 Å². The number of aromatic hydroxyl groups is 2. The quantitative estimate of drug-likeness (QED) is 0.501. The molecule has 0 aromatic heterocycles. The number of benzene rings is 2. The molecule has 0 bridgehead atoms. The molecule has 2 aromatic carbocycles. The molecule has 7 nitrogen and oxygen atoms in total. The van der Waals surface area contributed by atoms with Crippen LogP contribution in [0.25, 0.3) is 0 Å². The summed E-state index contributed by atoms with van der Waals surface area (Å²) in [6.07, 6.45) is 0. The van der Waals surface area contributed by atoms with Crippen molar-refractivity contribution in [2.75, 3.05) is 21.3 Å². The van der Waals surface area contributed by atoms with Crippen LogP contribution in [0, 0.1) is 17.4 Å². The second kappa shape index (κ2) is 7.90. The molecule has 0 unspecified atom stereocenters. The normalized spacial score (nSPS) is 10.4. The highest BCUT2D eigenvalue weighted by Crippen LogP contribution is 2.46. The van der Waals surface area contributed by atoms with Gasteiger partial charge in [-0.2, -0.15) is 0 Å². The van der Waals surface area contributed by atoms with Gasteiger partial charge in [-0.3, -0.25) is 0 Å². The first-order chi connectivity index (χ1) is 12.3. The minimum atomic E-state index is -0.841. The molecule has 0 aliphatic heterocycles. The number of phenolic OH excluding ortho intramolecular Hbond substituents is 2. The highest BCUT2D eigenvalue weighted by Gasteiger charge is 2.27. The Morgan fingerprint density at radius 2 is 1.58 bits per heavy atom. The molecule has 0 heterocycles. The number of carbonyl (C=O) groups is 1. The summed E-state index contributed by atoms with van der Waals surface area (Å²) in [6, 6.07) is 3.38. The van der Waals surface area contributed by atoms with E-state index in [1.807, 2.05) is 22.6 Å². The Balaban J connectivity index is 2.64. The summed E-state index contributed by atoms with van der Waals surface area (Å²) in [7, 11) is 4.22. The Morgan fingerprint density at radius 1 is 0.962 bits per heavy atom. The number of hydrogen-bond donors (Lipinski definition) is 2. The topological polar surface area (TPSA) is 94.5 Å². The molecular formula is C18H19IO7. The Morgan fingerprint density at radius 3 is 2.12 bits per heavy atom. The number of phenols is 2.